The zero-order valence-corrected chi connectivity index (χ0v) is 22.8. The fraction of sp³-hybridized carbons (Fsp3) is 0.407. The Morgan fingerprint density at radius 3 is 2.05 bits per heavy atom. The minimum Gasteiger partial charge on any atom is -0.399 e. The highest BCUT2D eigenvalue weighted by molar-refractivity contribution is 6.99. The van der Waals surface area contributed by atoms with E-state index in [2.05, 4.69) is 50.0 Å². The maximum Gasteiger partial charge on any atom is 0.330 e. The highest BCUT2D eigenvalue weighted by Gasteiger charge is 2.57. The van der Waals surface area contributed by atoms with Crippen molar-refractivity contribution in [1.29, 1.82) is 0 Å². The van der Waals surface area contributed by atoms with Crippen LogP contribution < -0.4 is 27.5 Å². The number of H-pyrrole nitrogens is 1. The van der Waals surface area contributed by atoms with Crippen molar-refractivity contribution in [3.63, 3.8) is 0 Å². The van der Waals surface area contributed by atoms with Crippen molar-refractivity contribution < 1.29 is 18.7 Å². The third-order valence-electron chi connectivity index (χ3n) is 6.97. The van der Waals surface area contributed by atoms with E-state index in [0.29, 0.717) is 5.56 Å². The van der Waals surface area contributed by atoms with Gasteiger partial charge in [0.25, 0.3) is 13.9 Å². The summed E-state index contributed by atoms with van der Waals surface area (Å²) < 4.78 is 20.9. The number of rotatable bonds is 8. The molecule has 37 heavy (non-hydrogen) atoms. The van der Waals surface area contributed by atoms with E-state index in [9.17, 15) is 9.59 Å². The van der Waals surface area contributed by atoms with Crippen molar-refractivity contribution in [1.82, 2.24) is 9.55 Å². The molecule has 10 heteroatoms. The molecule has 9 nitrogen and oxygen atoms in total. The number of benzene rings is 2. The van der Waals surface area contributed by atoms with Crippen LogP contribution in [0.3, 0.4) is 0 Å². The fourth-order valence-corrected chi connectivity index (χ4v) is 9.93. The van der Waals surface area contributed by atoms with Gasteiger partial charge in [-0.05, 0) is 22.3 Å². The number of hydrogen-bond acceptors (Lipinski definition) is 7. The summed E-state index contributed by atoms with van der Waals surface area (Å²) in [5.74, 6) is 5.51. The van der Waals surface area contributed by atoms with E-state index in [1.165, 1.54) is 10.8 Å². The summed E-state index contributed by atoms with van der Waals surface area (Å²) in [5.41, 5.74) is -0.669. The summed E-state index contributed by atoms with van der Waals surface area (Å²) in [4.78, 5) is 32.2. The molecule has 198 valence electrons. The van der Waals surface area contributed by atoms with Crippen molar-refractivity contribution in [3.05, 3.63) is 93.3 Å². The topological polar surface area (TPSA) is 118 Å². The molecule has 1 aromatic heterocycles. The third kappa shape index (κ3) is 5.00. The van der Waals surface area contributed by atoms with E-state index in [4.69, 9.17) is 24.6 Å². The summed E-state index contributed by atoms with van der Waals surface area (Å²) in [7, 11) is -1.46. The number of methoxy groups -OCH3 is 1. The largest absolute Gasteiger partial charge is 0.399 e. The van der Waals surface area contributed by atoms with Gasteiger partial charge in [-0.3, -0.25) is 14.3 Å². The first-order chi connectivity index (χ1) is 17.6. The quantitative estimate of drug-likeness (QED) is 0.339. The minimum atomic E-state index is -3.01. The average Bonchev–Trinajstić information content (AvgIpc) is 3.21. The first kappa shape index (κ1) is 27.2. The number of nitrogens with zero attached hydrogens (tertiary/aromatic N) is 1. The Bertz CT molecular complexity index is 1270. The van der Waals surface area contributed by atoms with Crippen molar-refractivity contribution in [2.24, 2.45) is 5.90 Å². The van der Waals surface area contributed by atoms with Crippen LogP contribution in [0.25, 0.3) is 0 Å². The molecule has 2 heterocycles. The van der Waals surface area contributed by atoms with Crippen LogP contribution in [-0.2, 0) is 18.7 Å². The van der Waals surface area contributed by atoms with E-state index in [1.54, 1.807) is 14.0 Å². The highest BCUT2D eigenvalue weighted by atomic mass is 28.4. The Hall–Kier alpha value is -2.86. The molecule has 1 aliphatic heterocycles. The predicted octanol–water partition coefficient (Wildman–Crippen LogP) is 1.59. The monoisotopic (exact) mass is 525 g/mol. The van der Waals surface area contributed by atoms with Crippen molar-refractivity contribution in [2.75, 3.05) is 13.7 Å². The van der Waals surface area contributed by atoms with Crippen LogP contribution in [0, 0.1) is 6.92 Å². The minimum absolute atomic E-state index is 0.0241. The van der Waals surface area contributed by atoms with Crippen molar-refractivity contribution >= 4 is 18.7 Å². The van der Waals surface area contributed by atoms with Gasteiger partial charge < -0.3 is 18.7 Å². The lowest BCUT2D eigenvalue weighted by Crippen LogP contribution is -2.69. The van der Waals surface area contributed by atoms with Crippen LogP contribution >= 0.6 is 0 Å². The van der Waals surface area contributed by atoms with Gasteiger partial charge in [0.1, 0.15) is 18.3 Å². The second-order valence-electron chi connectivity index (χ2n) is 10.3. The van der Waals surface area contributed by atoms with E-state index in [1.807, 2.05) is 36.4 Å². The summed E-state index contributed by atoms with van der Waals surface area (Å²) in [6.45, 7) is 8.19. The summed E-state index contributed by atoms with van der Waals surface area (Å²) in [6.07, 6.45) is -1.35. The second kappa shape index (κ2) is 10.9. The molecule has 0 amide bonds. The molecule has 0 bridgehead atoms. The Morgan fingerprint density at radius 2 is 1.57 bits per heavy atom. The number of aryl methyl sites for hydroxylation is 1. The maximum absolute atomic E-state index is 12.8. The van der Waals surface area contributed by atoms with Crippen LogP contribution in [0.1, 0.15) is 32.6 Å². The van der Waals surface area contributed by atoms with Crippen LogP contribution in [0.4, 0.5) is 0 Å². The fourth-order valence-electron chi connectivity index (χ4n) is 5.22. The van der Waals surface area contributed by atoms with Crippen molar-refractivity contribution in [2.45, 2.75) is 57.3 Å². The van der Waals surface area contributed by atoms with Crippen LogP contribution in [0.2, 0.25) is 5.04 Å². The molecule has 0 saturated carbocycles. The molecule has 4 atom stereocenters. The van der Waals surface area contributed by atoms with Gasteiger partial charge in [-0.15, -0.1) is 0 Å². The molecular weight excluding hydrogens is 490 g/mol. The molecule has 0 aliphatic carbocycles. The van der Waals surface area contributed by atoms with Gasteiger partial charge in [-0.2, -0.15) is 0 Å². The second-order valence-corrected chi connectivity index (χ2v) is 14.6. The molecule has 4 rings (SSSR count). The average molecular weight is 526 g/mol. The normalized spacial score (nSPS) is 22.3. The van der Waals surface area contributed by atoms with Crippen LogP contribution in [0.5, 0.6) is 0 Å². The summed E-state index contributed by atoms with van der Waals surface area (Å²) in [6, 6.07) is 20.4. The molecule has 0 spiro atoms. The zero-order valence-electron chi connectivity index (χ0n) is 21.8. The molecule has 3 aromatic rings. The van der Waals surface area contributed by atoms with Gasteiger partial charge >= 0.3 is 5.69 Å². The lowest BCUT2D eigenvalue weighted by Gasteiger charge is -2.45. The molecule has 2 unspecified atom stereocenters. The van der Waals surface area contributed by atoms with E-state index in [0.717, 1.165) is 10.4 Å². The van der Waals surface area contributed by atoms with Gasteiger partial charge in [-0.1, -0.05) is 81.4 Å². The summed E-state index contributed by atoms with van der Waals surface area (Å²) >= 11 is 0. The van der Waals surface area contributed by atoms with E-state index < -0.39 is 44.1 Å². The molecule has 0 radical (unpaired) electrons. The SMILES string of the molecule is COC1C(O[Si](c2ccccc2)(c2ccccc2)C(C)(C)C)[C@H](CON)O[C@@H]1n1cc(C)c(=O)[nH]c1=O. The summed E-state index contributed by atoms with van der Waals surface area (Å²) in [5, 5.41) is 1.89. The van der Waals surface area contributed by atoms with Gasteiger partial charge in [0.05, 0.1) is 6.61 Å². The van der Waals surface area contributed by atoms with Crippen molar-refractivity contribution in [3.8, 4) is 0 Å². The predicted molar refractivity (Wildman–Crippen MR) is 143 cm³/mol. The smallest absolute Gasteiger partial charge is 0.330 e. The highest BCUT2D eigenvalue weighted by Crippen LogP contribution is 2.41. The first-order valence-corrected chi connectivity index (χ1v) is 14.2. The molecule has 1 fully saturated rings. The number of nitrogens with one attached hydrogen (secondary N) is 1. The van der Waals surface area contributed by atoms with E-state index in [-0.39, 0.29) is 11.6 Å². The van der Waals surface area contributed by atoms with Gasteiger partial charge in [0.15, 0.2) is 6.23 Å². The van der Waals surface area contributed by atoms with Gasteiger partial charge in [0, 0.05) is 18.9 Å². The number of aromatic nitrogens is 2. The lowest BCUT2D eigenvalue weighted by molar-refractivity contribution is -0.0724. The molecule has 1 saturated heterocycles. The number of aromatic amines is 1. The Morgan fingerprint density at radius 1 is 1.00 bits per heavy atom. The third-order valence-corrected chi connectivity index (χ3v) is 12.0. The molecule has 2 aromatic carbocycles. The van der Waals surface area contributed by atoms with Crippen LogP contribution in [-0.4, -0.2) is 49.9 Å². The number of nitrogens with two attached hydrogens (primary N) is 1. The van der Waals surface area contributed by atoms with E-state index >= 15 is 0 Å². The standard InChI is InChI=1S/C27H35N3O6Si/c1-18-16-30(26(32)29-24(18)31)25-23(33-5)22(21(35-25)17-34-28)36-37(27(2,3)4,19-12-8-6-9-13-19)20-14-10-7-11-15-20/h6-16,21-23,25H,17,28H2,1-5H3,(H,29,31,32)/t21-,22?,23?,25-/m0/s1. The van der Waals surface area contributed by atoms with Gasteiger partial charge in [0.2, 0.25) is 0 Å². The Balaban J connectivity index is 1.89. The lowest BCUT2D eigenvalue weighted by atomic mass is 10.1. The molecule has 1 aliphatic rings. The molecular formula is C27H35N3O6Si. The Kier molecular flexibility index (Phi) is 7.98. The maximum atomic E-state index is 12.8. The Labute approximate surface area is 217 Å². The number of ether oxygens (including phenoxy) is 2. The zero-order chi connectivity index (χ0) is 26.8. The molecule has 3 N–H and O–H groups in total. The van der Waals surface area contributed by atoms with Crippen LogP contribution in [0.15, 0.2) is 76.4 Å². The first-order valence-electron chi connectivity index (χ1n) is 12.2. The van der Waals surface area contributed by atoms with Gasteiger partial charge in [-0.25, -0.2) is 10.7 Å². The number of hydrogen-bond donors (Lipinski definition) is 2.